The van der Waals surface area contributed by atoms with Crippen LogP contribution in [0, 0.1) is 11.8 Å². The number of fused-ring (bicyclic) bond motifs is 1. The normalized spacial score (nSPS) is 15.6. The summed E-state index contributed by atoms with van der Waals surface area (Å²) >= 11 is 0. The van der Waals surface area contributed by atoms with Gasteiger partial charge in [-0.25, -0.2) is 4.79 Å². The summed E-state index contributed by atoms with van der Waals surface area (Å²) in [7, 11) is 1.51. The van der Waals surface area contributed by atoms with Gasteiger partial charge < -0.3 is 20.3 Å². The molecule has 2 atom stereocenters. The first-order chi connectivity index (χ1) is 20.5. The van der Waals surface area contributed by atoms with E-state index in [9.17, 15) is 32.3 Å². The highest BCUT2D eigenvalue weighted by atomic mass is 19.4. The van der Waals surface area contributed by atoms with Crippen molar-refractivity contribution in [1.29, 1.82) is 0 Å². The molecule has 1 aliphatic heterocycles. The Kier molecular flexibility index (Phi) is 9.63. The molecule has 0 aromatic heterocycles. The topological polar surface area (TPSA) is 110 Å². The van der Waals surface area contributed by atoms with Crippen LogP contribution in [-0.2, 0) is 19.1 Å². The van der Waals surface area contributed by atoms with Gasteiger partial charge in [0.25, 0.3) is 11.8 Å². The quantitative estimate of drug-likeness (QED) is 0.185. The number of ether oxygens (including phenoxy) is 1. The molecule has 3 aromatic carbocycles. The van der Waals surface area contributed by atoms with E-state index in [-0.39, 0.29) is 11.3 Å². The standard InChI is InChI=1S/C32H28F3N3O5/c1-37-25-17-16-21(11-5-4-10-18-36)19-24(25)29(40)38(28(30(37)41)23-14-8-3-9-15-23)26(22-12-6-2-7-13-22)20-27(39)43-31(42)32(33,34)35/h2-3,6-9,12-17,19,26,28H,4,10,18,20,36H2,1H3. The number of alkyl halides is 3. The first-order valence-electron chi connectivity index (χ1n) is 13.4. The van der Waals surface area contributed by atoms with Crippen LogP contribution in [0.5, 0.6) is 0 Å². The van der Waals surface area contributed by atoms with Crippen molar-refractivity contribution in [2.24, 2.45) is 5.73 Å². The summed E-state index contributed by atoms with van der Waals surface area (Å²) in [5, 5.41) is 0. The van der Waals surface area contributed by atoms with Gasteiger partial charge in [0.2, 0.25) is 0 Å². The molecule has 8 nitrogen and oxygen atoms in total. The van der Waals surface area contributed by atoms with Crippen LogP contribution in [0.4, 0.5) is 18.9 Å². The maximum absolute atomic E-state index is 14.5. The molecule has 0 saturated heterocycles. The summed E-state index contributed by atoms with van der Waals surface area (Å²) in [5.41, 5.74) is 7.16. The summed E-state index contributed by atoms with van der Waals surface area (Å²) in [5.74, 6) is 0.589. The van der Waals surface area contributed by atoms with E-state index in [1.54, 1.807) is 72.8 Å². The largest absolute Gasteiger partial charge is 0.491 e. The maximum atomic E-state index is 14.5. The molecule has 11 heteroatoms. The van der Waals surface area contributed by atoms with Gasteiger partial charge in [-0.05, 0) is 42.3 Å². The van der Waals surface area contributed by atoms with Gasteiger partial charge >= 0.3 is 18.1 Å². The van der Waals surface area contributed by atoms with E-state index in [0.717, 1.165) is 0 Å². The molecular formula is C32H28F3N3O5. The number of carbonyl (C=O) groups excluding carboxylic acids is 4. The second-order valence-electron chi connectivity index (χ2n) is 9.74. The van der Waals surface area contributed by atoms with Crippen LogP contribution in [0.3, 0.4) is 0 Å². The fourth-order valence-corrected chi connectivity index (χ4v) is 4.78. The van der Waals surface area contributed by atoms with E-state index in [4.69, 9.17) is 5.73 Å². The monoisotopic (exact) mass is 591 g/mol. The Labute approximate surface area is 246 Å². The van der Waals surface area contributed by atoms with Crippen molar-refractivity contribution < 1.29 is 37.1 Å². The van der Waals surface area contributed by atoms with Gasteiger partial charge in [0.15, 0.2) is 0 Å². The Morgan fingerprint density at radius 2 is 1.65 bits per heavy atom. The van der Waals surface area contributed by atoms with Crippen LogP contribution < -0.4 is 10.6 Å². The minimum absolute atomic E-state index is 0.0978. The molecule has 1 heterocycles. The molecule has 0 radical (unpaired) electrons. The Morgan fingerprint density at radius 1 is 1.00 bits per heavy atom. The van der Waals surface area contributed by atoms with Crippen LogP contribution in [0.15, 0.2) is 78.9 Å². The second-order valence-corrected chi connectivity index (χ2v) is 9.74. The van der Waals surface area contributed by atoms with Gasteiger partial charge in [0.05, 0.1) is 23.7 Å². The van der Waals surface area contributed by atoms with Gasteiger partial charge in [0.1, 0.15) is 6.04 Å². The van der Waals surface area contributed by atoms with E-state index in [1.165, 1.54) is 22.9 Å². The van der Waals surface area contributed by atoms with Gasteiger partial charge in [-0.1, -0.05) is 72.5 Å². The lowest BCUT2D eigenvalue weighted by atomic mass is 9.95. The molecule has 2 N–H and O–H groups in total. The van der Waals surface area contributed by atoms with Crippen molar-refractivity contribution in [1.82, 2.24) is 4.90 Å². The number of unbranched alkanes of at least 4 members (excludes halogenated alkanes) is 1. The maximum Gasteiger partial charge on any atom is 0.491 e. The third kappa shape index (κ3) is 7.10. The van der Waals surface area contributed by atoms with E-state index in [2.05, 4.69) is 16.6 Å². The number of amides is 2. The van der Waals surface area contributed by atoms with E-state index < -0.39 is 48.4 Å². The molecule has 0 fully saturated rings. The predicted octanol–water partition coefficient (Wildman–Crippen LogP) is 4.70. The van der Waals surface area contributed by atoms with Gasteiger partial charge in [0, 0.05) is 19.0 Å². The number of halogens is 3. The summed E-state index contributed by atoms with van der Waals surface area (Å²) in [6.45, 7) is 0.470. The molecular weight excluding hydrogens is 563 g/mol. The molecule has 0 saturated carbocycles. The molecule has 2 unspecified atom stereocenters. The van der Waals surface area contributed by atoms with Crippen LogP contribution >= 0.6 is 0 Å². The zero-order chi connectivity index (χ0) is 31.1. The Morgan fingerprint density at radius 3 is 2.28 bits per heavy atom. The molecule has 2 amide bonds. The number of nitrogens with two attached hydrogens (primary N) is 1. The minimum Gasteiger partial charge on any atom is -0.386 e. The van der Waals surface area contributed by atoms with E-state index in [1.807, 2.05) is 0 Å². The zero-order valence-electron chi connectivity index (χ0n) is 23.1. The predicted molar refractivity (Wildman–Crippen MR) is 151 cm³/mol. The van der Waals surface area contributed by atoms with Crippen molar-refractivity contribution in [3.05, 3.63) is 101 Å². The van der Waals surface area contributed by atoms with Crippen LogP contribution in [0.1, 0.15) is 58.4 Å². The third-order valence-corrected chi connectivity index (χ3v) is 6.84. The van der Waals surface area contributed by atoms with Gasteiger partial charge in [-0.2, -0.15) is 13.2 Å². The first kappa shape index (κ1) is 31.0. The lowest BCUT2D eigenvalue weighted by Crippen LogP contribution is -2.44. The average molecular weight is 592 g/mol. The van der Waals surface area contributed by atoms with E-state index in [0.29, 0.717) is 36.1 Å². The van der Waals surface area contributed by atoms with Gasteiger partial charge in [-0.15, -0.1) is 0 Å². The SMILES string of the molecule is CN1C(=O)C(c2ccccc2)N(C(CC(=O)OC(=O)C(F)(F)F)c2ccccc2)C(=O)c2cc(C#CCCCN)ccc21. The highest BCUT2D eigenvalue weighted by molar-refractivity contribution is 6.11. The number of hydrogen-bond acceptors (Lipinski definition) is 6. The fourth-order valence-electron chi connectivity index (χ4n) is 4.78. The van der Waals surface area contributed by atoms with E-state index >= 15 is 0 Å². The average Bonchev–Trinajstić information content (AvgIpc) is 3.07. The lowest BCUT2D eigenvalue weighted by molar-refractivity contribution is -0.202. The second kappa shape index (κ2) is 13.4. The molecule has 0 bridgehead atoms. The summed E-state index contributed by atoms with van der Waals surface area (Å²) in [4.78, 5) is 55.3. The zero-order valence-corrected chi connectivity index (χ0v) is 23.1. The van der Waals surface area contributed by atoms with Crippen molar-refractivity contribution in [3.8, 4) is 11.8 Å². The smallest absolute Gasteiger partial charge is 0.386 e. The number of esters is 2. The minimum atomic E-state index is -5.40. The van der Waals surface area contributed by atoms with Crippen LogP contribution in [-0.4, -0.2) is 48.4 Å². The highest BCUT2D eigenvalue weighted by Gasteiger charge is 2.46. The molecule has 1 aliphatic rings. The highest BCUT2D eigenvalue weighted by Crippen LogP contribution is 2.41. The number of nitrogens with zero attached hydrogens (tertiary/aromatic N) is 2. The number of benzene rings is 3. The molecule has 222 valence electrons. The van der Waals surface area contributed by atoms with Crippen molar-refractivity contribution >= 4 is 29.4 Å². The fraction of sp³-hybridized carbons (Fsp3) is 0.250. The molecule has 43 heavy (non-hydrogen) atoms. The Hall–Kier alpha value is -4.95. The third-order valence-electron chi connectivity index (χ3n) is 6.84. The van der Waals surface area contributed by atoms with Crippen molar-refractivity contribution in [2.75, 3.05) is 18.5 Å². The number of anilines is 1. The molecule has 4 rings (SSSR count). The summed E-state index contributed by atoms with van der Waals surface area (Å²) in [6.07, 6.45) is -5.02. The number of hydrogen-bond donors (Lipinski definition) is 1. The van der Waals surface area contributed by atoms with Gasteiger partial charge in [-0.3, -0.25) is 14.4 Å². The number of carbonyl (C=O) groups is 4. The van der Waals surface area contributed by atoms with Crippen molar-refractivity contribution in [2.45, 2.75) is 37.5 Å². The Bertz CT molecular complexity index is 1570. The molecule has 0 aliphatic carbocycles. The number of likely N-dealkylation sites (N-methyl/N-ethyl adjacent to an activating group) is 1. The van der Waals surface area contributed by atoms with Crippen molar-refractivity contribution in [3.63, 3.8) is 0 Å². The van der Waals surface area contributed by atoms with Crippen LogP contribution in [0.25, 0.3) is 0 Å². The molecule has 3 aromatic rings. The number of rotatable bonds is 7. The first-order valence-corrected chi connectivity index (χ1v) is 13.4. The Balaban J connectivity index is 1.88. The summed E-state index contributed by atoms with van der Waals surface area (Å²) in [6, 6.07) is 18.6. The lowest BCUT2D eigenvalue weighted by Gasteiger charge is -2.36. The van der Waals surface area contributed by atoms with Crippen LogP contribution in [0.2, 0.25) is 0 Å². The summed E-state index contributed by atoms with van der Waals surface area (Å²) < 4.78 is 42.8. The molecule has 0 spiro atoms.